The largest absolute Gasteiger partial charge is 0.369 e. The fourth-order valence-electron chi connectivity index (χ4n) is 5.97. The van der Waals surface area contributed by atoms with Crippen LogP contribution in [0.2, 0.25) is 0 Å². The third-order valence-electron chi connectivity index (χ3n) is 10.3. The number of ketones is 1. The van der Waals surface area contributed by atoms with Gasteiger partial charge in [-0.05, 0) is 73.1 Å². The Balaban J connectivity index is 0. The van der Waals surface area contributed by atoms with Gasteiger partial charge in [-0.3, -0.25) is 62.5 Å². The summed E-state index contributed by atoms with van der Waals surface area (Å²) >= 11 is 15.8. The molecule has 0 aliphatic rings. The van der Waals surface area contributed by atoms with Crippen LogP contribution in [0.3, 0.4) is 0 Å². The number of non-ortho nitro benzene ring substituents is 3. The third kappa shape index (κ3) is 27.6. The Morgan fingerprint density at radius 1 is 0.711 bits per heavy atom. The van der Waals surface area contributed by atoms with Crippen molar-refractivity contribution >= 4 is 140 Å². The summed E-state index contributed by atoms with van der Waals surface area (Å²) in [6.45, 7) is 2.72. The zero-order chi connectivity index (χ0) is 64.0. The van der Waals surface area contributed by atoms with E-state index >= 15 is 0 Å². The first-order valence-electron chi connectivity index (χ1n) is 22.0. The second-order valence-corrected chi connectivity index (χ2v) is 30.5. The van der Waals surface area contributed by atoms with Gasteiger partial charge in [0.25, 0.3) is 27.2 Å². The fraction of sp³-hybridized carbons (Fsp3) is 0.385. The van der Waals surface area contributed by atoms with E-state index in [1.807, 2.05) is 0 Å². The Morgan fingerprint density at radius 2 is 1.07 bits per heavy atom. The normalized spacial score (nSPS) is 11.9. The van der Waals surface area contributed by atoms with Gasteiger partial charge >= 0.3 is 45.6 Å². The highest BCUT2D eigenvalue weighted by Gasteiger charge is 2.60. The predicted octanol–water partition coefficient (Wildman–Crippen LogP) is 4.69. The minimum absolute atomic E-state index is 0. The van der Waals surface area contributed by atoms with Gasteiger partial charge in [-0.2, -0.15) is 9.56 Å². The maximum absolute atomic E-state index is 11.5. The lowest BCUT2D eigenvalue weighted by molar-refractivity contribution is -0.705. The van der Waals surface area contributed by atoms with E-state index in [1.165, 1.54) is 78.9 Å². The van der Waals surface area contributed by atoms with Gasteiger partial charge in [-0.25, -0.2) is 0 Å². The number of alkyl halides is 1. The number of thiazole rings is 1. The molecule has 16 N–H and O–H groups in total. The minimum atomic E-state index is -5.52. The first-order chi connectivity index (χ1) is 37.2. The molecule has 1 heterocycles. The number of aryl methyl sites for hydroxylation is 1. The van der Waals surface area contributed by atoms with Crippen LogP contribution in [0.25, 0.3) is 0 Å². The number of nitro groups is 3. The molecule has 0 saturated heterocycles. The number of benzene rings is 3. The lowest BCUT2D eigenvalue weighted by Crippen LogP contribution is -2.43. The van der Waals surface area contributed by atoms with Crippen LogP contribution in [0.4, 0.5) is 22.7 Å². The average molecular weight is 1370 g/mol. The Bertz CT molecular complexity index is 3100. The fourth-order valence-corrected chi connectivity index (χ4v) is 14.4. The monoisotopic (exact) mass is 1370 g/mol. The molecule has 0 aliphatic heterocycles. The van der Waals surface area contributed by atoms with Gasteiger partial charge in [-0.15, -0.1) is 11.6 Å². The molecule has 0 unspecified atom stereocenters. The van der Waals surface area contributed by atoms with Crippen LogP contribution >= 0.6 is 92.9 Å². The Hall–Kier alpha value is -3.82. The number of nitrogens with zero attached hydrogens (tertiary/aromatic N) is 5. The number of hydrogen-bond donors (Lipinski definition) is 15. The summed E-state index contributed by atoms with van der Waals surface area (Å²) < 4.78 is 68.0. The molecule has 3 aromatic carbocycles. The molecule has 0 saturated carbocycles. The van der Waals surface area contributed by atoms with E-state index < -0.39 is 95.2 Å². The molecule has 0 fully saturated rings. The molecule has 0 atom stereocenters. The molecule has 461 valence electrons. The number of halogens is 1. The van der Waals surface area contributed by atoms with Crippen LogP contribution < -0.4 is 10.3 Å². The molecule has 0 bridgehead atoms. The van der Waals surface area contributed by atoms with E-state index in [0.29, 0.717) is 33.2 Å². The number of hydrogen-bond acceptors (Lipinski definition) is 20. The number of carbonyl (C=O) groups excluding carboxylic acids is 1. The van der Waals surface area contributed by atoms with E-state index in [9.17, 15) is 92.3 Å². The molecule has 0 amide bonds. The van der Waals surface area contributed by atoms with Gasteiger partial charge in [-0.1, -0.05) is 47.8 Å². The van der Waals surface area contributed by atoms with Crippen LogP contribution in [-0.2, 0) is 51.6 Å². The number of rotatable bonds is 24. The van der Waals surface area contributed by atoms with E-state index in [-0.39, 0.29) is 69.5 Å². The topological polar surface area (TPSA) is 574 Å². The van der Waals surface area contributed by atoms with Crippen LogP contribution in [-0.4, -0.2) is 136 Å². The van der Waals surface area contributed by atoms with Gasteiger partial charge in [0.05, 0.1) is 49.7 Å². The average Bonchev–Trinajstić information content (AvgIpc) is 3.88. The highest BCUT2D eigenvalue weighted by atomic mass is 35.5. The lowest BCUT2D eigenvalue weighted by atomic mass is 10.1. The van der Waals surface area contributed by atoms with E-state index in [4.69, 9.17) is 68.7 Å². The maximum Gasteiger partial charge on any atom is 0.369 e. The lowest BCUT2D eigenvalue weighted by Gasteiger charge is -2.29. The molecule has 3 radical (unpaired) electrons. The van der Waals surface area contributed by atoms with Crippen molar-refractivity contribution in [2.24, 2.45) is 10.7 Å². The van der Waals surface area contributed by atoms with Crippen LogP contribution in [0.5, 0.6) is 0 Å². The van der Waals surface area contributed by atoms with Crippen molar-refractivity contribution in [3.8, 4) is 0 Å². The number of aromatic nitrogens is 1. The van der Waals surface area contributed by atoms with E-state index in [0.717, 1.165) is 5.56 Å². The van der Waals surface area contributed by atoms with Crippen LogP contribution in [0.15, 0.2) is 83.2 Å². The summed E-state index contributed by atoms with van der Waals surface area (Å²) in [5, 5.41) is 47.0. The smallest absolute Gasteiger partial charge is 0.368 e. The van der Waals surface area contributed by atoms with E-state index in [1.54, 1.807) is 29.0 Å². The number of thiocarbonyl (C=S) groups is 2. The number of isothiocyanates is 1. The van der Waals surface area contributed by atoms with Crippen molar-refractivity contribution in [3.63, 3.8) is 0 Å². The van der Waals surface area contributed by atoms with Gasteiger partial charge in [0.15, 0.2) is 17.6 Å². The quantitative estimate of drug-likeness (QED) is 0.00661. The molecule has 1 aromatic heterocycles. The number of aliphatic imine (C=N–C) groups is 1. The van der Waals surface area contributed by atoms with Gasteiger partial charge < -0.3 is 74.7 Å². The van der Waals surface area contributed by atoms with E-state index in [2.05, 4.69) is 22.4 Å². The van der Waals surface area contributed by atoms with Crippen molar-refractivity contribution < 1.29 is 120 Å². The summed E-state index contributed by atoms with van der Waals surface area (Å²) in [5.74, 6) is 0.159. The predicted molar refractivity (Wildman–Crippen MR) is 308 cm³/mol. The van der Waals surface area contributed by atoms with Gasteiger partial charge in [0, 0.05) is 64.6 Å². The number of Topliss-reactive ketones (excluding diaryl/α,β-unsaturated/α-hetero) is 1. The molecular formula is C39H56BClN6O27P6S3+. The third-order valence-corrected chi connectivity index (χ3v) is 23.8. The summed E-state index contributed by atoms with van der Waals surface area (Å²) in [5.41, 5.74) is 7.48. The summed E-state index contributed by atoms with van der Waals surface area (Å²) in [7, 11) is -31.5. The zero-order valence-corrected chi connectivity index (χ0v) is 51.5. The van der Waals surface area contributed by atoms with Gasteiger partial charge in [0.1, 0.15) is 5.78 Å². The number of carbonyl (C=O) groups is 1. The Labute approximate surface area is 492 Å². The molecule has 83 heavy (non-hydrogen) atoms. The molecular weight excluding hydrogens is 1310 g/mol. The highest BCUT2D eigenvalue weighted by Crippen LogP contribution is 2.70. The zero-order valence-electron chi connectivity index (χ0n) is 42.9. The van der Waals surface area contributed by atoms with Crippen molar-refractivity contribution in [2.45, 2.75) is 80.9 Å². The SMILES string of the molecule is CC(=O)CCl.Cc1csc(Cc2ccc([N+](=O)[O-])cc2)[n+]1CCC(O)(P(=O)(O)O)P(=O)(O)O.NCCC(P(=O)(O)O)P(=O)(O)O.O=[N+]([O-])c1ccc(CC(=S)CCCC(O)(P(=O)(O)O)P(=O)(O)O)cc1.O=[N+]([O-])c1ccc(N=C=S)cc1.[B]. The molecule has 4 aromatic rings. The maximum atomic E-state index is 11.5. The number of nitrogens with two attached hydrogens (primary N) is 1. The van der Waals surface area contributed by atoms with Crippen LogP contribution in [0, 0.1) is 37.3 Å². The van der Waals surface area contributed by atoms with Crippen LogP contribution in [0.1, 0.15) is 60.9 Å². The second kappa shape index (κ2) is 35.1. The first kappa shape index (κ1) is 81.3. The number of nitro benzene ring substituents is 3. The standard InChI is InChI=1S/C14H18N2O9P2S.C12H17NO9P2S.C7H4N2O2S.C3H5ClO.C3H11NO6P2.B/c1-10-9-28-13(8-11-2-4-12(5-3-11)16(18)19)15(10)7-6-14(17,26(20,21)22)27(23,24)25;14-12(23(17,18)19,24(20,21)22)7-1-2-11(25)8-9-3-5-10(6-4-9)13(15)16;10-9(11)7-3-1-6(2-4-7)8-5-12;1-3(5)2-4;4-2-1-3(11(5,6)7)12(8,9)10;/h2-5,9,17H,6-8H2,1H3,(H3-,20,21,22,23,24,25);3-6,14H,1-2,7-8H2,(H2,17,18,19)(H2,20,21,22);1-4H;2H2,1H3;3H,1-2,4H2,(H2,5,6,7)(H2,8,9,10);/p+1. The molecule has 44 heteroatoms. The first-order valence-corrected chi connectivity index (χ1v) is 34.1. The molecule has 33 nitrogen and oxygen atoms in total. The molecule has 0 spiro atoms. The Kier molecular flexibility index (Phi) is 34.4. The summed E-state index contributed by atoms with van der Waals surface area (Å²) in [4.78, 5) is 151. The molecule has 4 rings (SSSR count). The van der Waals surface area contributed by atoms with Crippen molar-refractivity contribution in [1.82, 2.24) is 0 Å². The number of aliphatic hydroxyl groups is 2. The van der Waals surface area contributed by atoms with Crippen molar-refractivity contribution in [2.75, 3.05) is 12.4 Å². The summed E-state index contributed by atoms with van der Waals surface area (Å²) in [6.07, 6.45) is -1.58. The Morgan fingerprint density at radius 3 is 1.39 bits per heavy atom. The second-order valence-electron chi connectivity index (χ2n) is 16.5. The van der Waals surface area contributed by atoms with Gasteiger partial charge in [0.2, 0.25) is 5.01 Å². The van der Waals surface area contributed by atoms with Crippen molar-refractivity contribution in [1.29, 1.82) is 0 Å². The van der Waals surface area contributed by atoms with Crippen molar-refractivity contribution in [3.05, 3.63) is 130 Å². The molecule has 0 aliphatic carbocycles. The minimum Gasteiger partial charge on any atom is -0.368 e. The highest BCUT2D eigenvalue weighted by molar-refractivity contribution is 7.80. The summed E-state index contributed by atoms with van der Waals surface area (Å²) in [6, 6.07) is 17.2.